The Kier molecular flexibility index (Phi) is 4.78. The highest BCUT2D eigenvalue weighted by atomic mass is 16.5. The summed E-state index contributed by atoms with van der Waals surface area (Å²) in [5.41, 5.74) is 1.09. The Morgan fingerprint density at radius 2 is 2.14 bits per heavy atom. The van der Waals surface area contributed by atoms with E-state index in [0.717, 1.165) is 30.3 Å². The normalized spacial score (nSPS) is 26.8. The Bertz CT molecular complexity index is 461. The quantitative estimate of drug-likeness (QED) is 0.805. The highest BCUT2D eigenvalue weighted by Gasteiger charge is 2.40. The molecule has 2 N–H and O–H groups in total. The van der Waals surface area contributed by atoms with Crippen molar-refractivity contribution < 1.29 is 14.6 Å². The molecule has 4 nitrogen and oxygen atoms in total. The number of aryl methyl sites for hydroxylation is 1. The number of aliphatic hydroxyl groups is 1. The van der Waals surface area contributed by atoms with Crippen LogP contribution in [0.4, 0.5) is 0 Å². The Morgan fingerprint density at radius 3 is 2.90 bits per heavy atom. The Labute approximate surface area is 126 Å². The molecule has 2 aliphatic rings. The summed E-state index contributed by atoms with van der Waals surface area (Å²) in [6, 6.07) is 8.27. The van der Waals surface area contributed by atoms with Gasteiger partial charge in [0.1, 0.15) is 18.5 Å². The lowest BCUT2D eigenvalue weighted by Crippen LogP contribution is -2.42. The molecule has 0 spiro atoms. The third-order valence-corrected chi connectivity index (χ3v) is 4.36. The van der Waals surface area contributed by atoms with Crippen LogP contribution in [0.25, 0.3) is 0 Å². The van der Waals surface area contributed by atoms with Gasteiger partial charge in [0, 0.05) is 19.2 Å². The van der Waals surface area contributed by atoms with Gasteiger partial charge in [0.2, 0.25) is 0 Å². The summed E-state index contributed by atoms with van der Waals surface area (Å²) in [6.45, 7) is 3.73. The second kappa shape index (κ2) is 6.77. The van der Waals surface area contributed by atoms with Crippen molar-refractivity contribution in [3.05, 3.63) is 29.8 Å². The predicted octanol–water partition coefficient (Wildman–Crippen LogP) is 1.89. The topological polar surface area (TPSA) is 50.7 Å². The zero-order chi connectivity index (χ0) is 14.7. The van der Waals surface area contributed by atoms with E-state index in [4.69, 9.17) is 9.47 Å². The van der Waals surface area contributed by atoms with Crippen molar-refractivity contribution >= 4 is 0 Å². The van der Waals surface area contributed by atoms with Gasteiger partial charge in [0.25, 0.3) is 0 Å². The van der Waals surface area contributed by atoms with E-state index in [-0.39, 0.29) is 0 Å². The fraction of sp³-hybridized carbons (Fsp3) is 0.647. The highest BCUT2D eigenvalue weighted by Crippen LogP contribution is 2.38. The molecule has 3 unspecified atom stereocenters. The van der Waals surface area contributed by atoms with Gasteiger partial charge in [-0.3, -0.25) is 0 Å². The first-order valence-electron chi connectivity index (χ1n) is 7.95. The van der Waals surface area contributed by atoms with Crippen molar-refractivity contribution in [2.45, 2.75) is 44.4 Å². The van der Waals surface area contributed by atoms with Crippen molar-refractivity contribution in [2.24, 2.45) is 5.92 Å². The number of para-hydroxylation sites is 1. The van der Waals surface area contributed by atoms with E-state index < -0.39 is 6.10 Å². The largest absolute Gasteiger partial charge is 0.491 e. The second-order valence-electron chi connectivity index (χ2n) is 6.21. The van der Waals surface area contributed by atoms with E-state index in [0.29, 0.717) is 25.3 Å². The molecular formula is C17H25NO3. The van der Waals surface area contributed by atoms with Gasteiger partial charge in [0.15, 0.2) is 0 Å². The van der Waals surface area contributed by atoms with Gasteiger partial charge in [-0.1, -0.05) is 18.2 Å². The lowest BCUT2D eigenvalue weighted by molar-refractivity contribution is 0.0706. The first kappa shape index (κ1) is 14.8. The van der Waals surface area contributed by atoms with Crippen molar-refractivity contribution in [3.8, 4) is 5.75 Å². The van der Waals surface area contributed by atoms with Crippen molar-refractivity contribution in [1.82, 2.24) is 5.32 Å². The predicted molar refractivity (Wildman–Crippen MR) is 81.6 cm³/mol. The van der Waals surface area contributed by atoms with Crippen LogP contribution in [-0.4, -0.2) is 43.1 Å². The SMILES string of the molecule is Cc1ccccc1OCC(O)CNC1CCOC1C1CC1. The maximum atomic E-state index is 10.1. The minimum absolute atomic E-state index is 0.319. The van der Waals surface area contributed by atoms with Gasteiger partial charge >= 0.3 is 0 Å². The number of rotatable bonds is 7. The van der Waals surface area contributed by atoms with Gasteiger partial charge in [0.05, 0.1) is 6.10 Å². The fourth-order valence-electron chi connectivity index (χ4n) is 2.97. The molecule has 1 heterocycles. The van der Waals surface area contributed by atoms with E-state index in [1.54, 1.807) is 0 Å². The lowest BCUT2D eigenvalue weighted by Gasteiger charge is -2.21. The van der Waals surface area contributed by atoms with Crippen molar-refractivity contribution in [3.63, 3.8) is 0 Å². The Balaban J connectivity index is 1.40. The maximum Gasteiger partial charge on any atom is 0.122 e. The molecule has 1 aliphatic heterocycles. The number of hydrogen-bond donors (Lipinski definition) is 2. The summed E-state index contributed by atoms with van der Waals surface area (Å²) in [6.07, 6.45) is 3.50. The average molecular weight is 291 g/mol. The van der Waals surface area contributed by atoms with Crippen LogP contribution in [0.2, 0.25) is 0 Å². The van der Waals surface area contributed by atoms with Crippen LogP contribution < -0.4 is 10.1 Å². The van der Waals surface area contributed by atoms with E-state index >= 15 is 0 Å². The molecule has 1 aromatic rings. The maximum absolute atomic E-state index is 10.1. The van der Waals surface area contributed by atoms with Crippen molar-refractivity contribution in [1.29, 1.82) is 0 Å². The molecule has 1 aromatic carbocycles. The average Bonchev–Trinajstić information content (AvgIpc) is 3.23. The molecule has 0 aromatic heterocycles. The monoisotopic (exact) mass is 291 g/mol. The highest BCUT2D eigenvalue weighted by molar-refractivity contribution is 5.31. The van der Waals surface area contributed by atoms with Crippen molar-refractivity contribution in [2.75, 3.05) is 19.8 Å². The molecule has 0 bridgehead atoms. The van der Waals surface area contributed by atoms with Gasteiger partial charge in [-0.05, 0) is 43.7 Å². The number of ether oxygens (including phenoxy) is 2. The standard InChI is InChI=1S/C17H25NO3/c1-12-4-2-3-5-16(12)21-11-14(19)10-18-15-8-9-20-17(15)13-6-7-13/h2-5,13-15,17-19H,6-11H2,1H3. The van der Waals surface area contributed by atoms with Crippen LogP contribution in [0.3, 0.4) is 0 Å². The third-order valence-electron chi connectivity index (χ3n) is 4.36. The fourth-order valence-corrected chi connectivity index (χ4v) is 2.97. The van der Waals surface area contributed by atoms with Gasteiger partial charge in [-0.25, -0.2) is 0 Å². The van der Waals surface area contributed by atoms with E-state index in [2.05, 4.69) is 5.32 Å². The summed E-state index contributed by atoms with van der Waals surface area (Å²) in [7, 11) is 0. The molecule has 1 aliphatic carbocycles. The Hall–Kier alpha value is -1.10. The first-order valence-corrected chi connectivity index (χ1v) is 7.95. The summed E-state index contributed by atoms with van der Waals surface area (Å²) in [4.78, 5) is 0. The van der Waals surface area contributed by atoms with E-state index in [1.807, 2.05) is 31.2 Å². The number of nitrogens with one attached hydrogen (secondary N) is 1. The number of hydrogen-bond acceptors (Lipinski definition) is 4. The Morgan fingerprint density at radius 1 is 1.33 bits per heavy atom. The van der Waals surface area contributed by atoms with Crippen LogP contribution in [0, 0.1) is 12.8 Å². The summed E-state index contributed by atoms with van der Waals surface area (Å²) < 4.78 is 11.5. The van der Waals surface area contributed by atoms with E-state index in [1.165, 1.54) is 12.8 Å². The van der Waals surface area contributed by atoms with Crippen LogP contribution in [0.1, 0.15) is 24.8 Å². The molecule has 0 amide bonds. The molecular weight excluding hydrogens is 266 g/mol. The van der Waals surface area contributed by atoms with Crippen LogP contribution in [0.15, 0.2) is 24.3 Å². The summed E-state index contributed by atoms with van der Waals surface area (Å²) in [5, 5.41) is 13.5. The molecule has 3 atom stereocenters. The minimum atomic E-state index is -0.495. The molecule has 2 fully saturated rings. The molecule has 1 saturated heterocycles. The lowest BCUT2D eigenvalue weighted by atomic mass is 10.1. The van der Waals surface area contributed by atoms with Gasteiger partial charge in [-0.15, -0.1) is 0 Å². The van der Waals surface area contributed by atoms with Gasteiger partial charge < -0.3 is 19.9 Å². The molecule has 3 rings (SSSR count). The third kappa shape index (κ3) is 3.96. The molecule has 0 radical (unpaired) electrons. The first-order chi connectivity index (χ1) is 10.2. The number of aliphatic hydroxyl groups excluding tert-OH is 1. The number of benzene rings is 1. The molecule has 1 saturated carbocycles. The molecule has 4 heteroatoms. The second-order valence-corrected chi connectivity index (χ2v) is 6.21. The zero-order valence-corrected chi connectivity index (χ0v) is 12.6. The van der Waals surface area contributed by atoms with Crippen LogP contribution in [-0.2, 0) is 4.74 Å². The van der Waals surface area contributed by atoms with Gasteiger partial charge in [-0.2, -0.15) is 0 Å². The summed E-state index contributed by atoms with van der Waals surface area (Å²) in [5.74, 6) is 1.59. The van der Waals surface area contributed by atoms with Crippen LogP contribution >= 0.6 is 0 Å². The zero-order valence-electron chi connectivity index (χ0n) is 12.6. The minimum Gasteiger partial charge on any atom is -0.491 e. The smallest absolute Gasteiger partial charge is 0.122 e. The van der Waals surface area contributed by atoms with Crippen LogP contribution in [0.5, 0.6) is 5.75 Å². The van der Waals surface area contributed by atoms with E-state index in [9.17, 15) is 5.11 Å². The summed E-state index contributed by atoms with van der Waals surface area (Å²) >= 11 is 0. The molecule has 21 heavy (non-hydrogen) atoms. The molecule has 116 valence electrons.